The van der Waals surface area contributed by atoms with Gasteiger partial charge in [-0.05, 0) is 26.2 Å². The molecule has 0 aliphatic heterocycles. The van der Waals surface area contributed by atoms with E-state index in [0.29, 0.717) is 6.54 Å². The lowest BCUT2D eigenvalue weighted by Crippen LogP contribution is -2.04. The maximum absolute atomic E-state index is 5.68. The Morgan fingerprint density at radius 3 is 2.64 bits per heavy atom. The number of hydrogen-bond donors (Lipinski definition) is 1. The minimum atomic E-state index is 0.612. The molecule has 0 amide bonds. The molecule has 1 saturated carbocycles. The minimum Gasteiger partial charge on any atom is -0.326 e. The molecule has 3 nitrogen and oxygen atoms in total. The predicted octanol–water partition coefficient (Wildman–Crippen LogP) is 1.76. The van der Waals surface area contributed by atoms with Gasteiger partial charge < -0.3 is 5.73 Å². The van der Waals surface area contributed by atoms with Crippen molar-refractivity contribution in [1.82, 2.24) is 9.78 Å². The molecular formula is C11H19N3. The third kappa shape index (κ3) is 1.82. The normalized spacial score (nSPS) is 16.2. The highest BCUT2D eigenvalue weighted by Gasteiger charge is 2.21. The molecule has 0 spiro atoms. The fourth-order valence-electron chi connectivity index (χ4n) is 1.96. The second-order valence-corrected chi connectivity index (χ2v) is 4.31. The van der Waals surface area contributed by atoms with Gasteiger partial charge in [-0.3, -0.25) is 4.68 Å². The van der Waals surface area contributed by atoms with E-state index in [1.165, 1.54) is 30.5 Å². The smallest absolute Gasteiger partial charge is 0.0641 e. The Morgan fingerprint density at radius 1 is 1.43 bits per heavy atom. The Bertz CT molecular complexity index is 324. The van der Waals surface area contributed by atoms with Crippen LogP contribution in [0.15, 0.2) is 0 Å². The summed E-state index contributed by atoms with van der Waals surface area (Å²) in [6, 6.07) is 0. The van der Waals surface area contributed by atoms with Crippen LogP contribution in [0.25, 0.3) is 0 Å². The number of rotatable bonds is 4. The molecule has 1 aromatic rings. The SMILES string of the molecule is Cc1nn(CCC2CC2)c(C)c1CN. The number of aryl methyl sites for hydroxylation is 2. The van der Waals surface area contributed by atoms with E-state index in [-0.39, 0.29) is 0 Å². The molecule has 2 N–H and O–H groups in total. The first kappa shape index (κ1) is 9.71. The largest absolute Gasteiger partial charge is 0.326 e. The van der Waals surface area contributed by atoms with Crippen molar-refractivity contribution in [3.8, 4) is 0 Å². The summed E-state index contributed by atoms with van der Waals surface area (Å²) in [6.07, 6.45) is 4.12. The lowest BCUT2D eigenvalue weighted by molar-refractivity contribution is 0.533. The van der Waals surface area contributed by atoms with Gasteiger partial charge >= 0.3 is 0 Å². The van der Waals surface area contributed by atoms with Gasteiger partial charge in [-0.15, -0.1) is 0 Å². The van der Waals surface area contributed by atoms with E-state index in [0.717, 1.165) is 18.2 Å². The van der Waals surface area contributed by atoms with Gasteiger partial charge in [0, 0.05) is 24.3 Å². The van der Waals surface area contributed by atoms with Gasteiger partial charge in [-0.1, -0.05) is 12.8 Å². The predicted molar refractivity (Wildman–Crippen MR) is 56.9 cm³/mol. The molecule has 0 bridgehead atoms. The van der Waals surface area contributed by atoms with Crippen molar-refractivity contribution < 1.29 is 0 Å². The summed E-state index contributed by atoms with van der Waals surface area (Å²) in [4.78, 5) is 0. The molecule has 0 aromatic carbocycles. The number of nitrogens with two attached hydrogens (primary N) is 1. The highest BCUT2D eigenvalue weighted by Crippen LogP contribution is 2.32. The molecule has 0 atom stereocenters. The molecule has 1 aromatic heterocycles. The van der Waals surface area contributed by atoms with E-state index in [1.54, 1.807) is 0 Å². The third-order valence-electron chi connectivity index (χ3n) is 3.18. The van der Waals surface area contributed by atoms with Crippen molar-refractivity contribution >= 4 is 0 Å². The number of hydrogen-bond acceptors (Lipinski definition) is 2. The summed E-state index contributed by atoms with van der Waals surface area (Å²) in [7, 11) is 0. The first-order valence-electron chi connectivity index (χ1n) is 5.45. The second kappa shape index (κ2) is 3.73. The van der Waals surface area contributed by atoms with Crippen LogP contribution in [-0.2, 0) is 13.1 Å². The van der Waals surface area contributed by atoms with Gasteiger partial charge in [0.15, 0.2) is 0 Å². The Kier molecular flexibility index (Phi) is 2.59. The zero-order chi connectivity index (χ0) is 10.1. The fraction of sp³-hybridized carbons (Fsp3) is 0.727. The highest BCUT2D eigenvalue weighted by molar-refractivity contribution is 5.23. The van der Waals surface area contributed by atoms with Crippen molar-refractivity contribution in [3.63, 3.8) is 0 Å². The van der Waals surface area contributed by atoms with Gasteiger partial charge in [-0.2, -0.15) is 5.10 Å². The highest BCUT2D eigenvalue weighted by atomic mass is 15.3. The Labute approximate surface area is 85.3 Å². The molecule has 0 unspecified atom stereocenters. The van der Waals surface area contributed by atoms with Crippen molar-refractivity contribution in [2.24, 2.45) is 11.7 Å². The summed E-state index contributed by atoms with van der Waals surface area (Å²) in [5.41, 5.74) is 9.26. The first-order chi connectivity index (χ1) is 6.72. The van der Waals surface area contributed by atoms with Gasteiger partial charge in [0.2, 0.25) is 0 Å². The minimum absolute atomic E-state index is 0.612. The Morgan fingerprint density at radius 2 is 2.14 bits per heavy atom. The second-order valence-electron chi connectivity index (χ2n) is 4.31. The summed E-state index contributed by atoms with van der Waals surface area (Å²) in [5.74, 6) is 0.972. The molecule has 1 aliphatic carbocycles. The van der Waals surface area contributed by atoms with E-state index < -0.39 is 0 Å². The van der Waals surface area contributed by atoms with Crippen LogP contribution in [0.4, 0.5) is 0 Å². The molecular weight excluding hydrogens is 174 g/mol. The summed E-state index contributed by atoms with van der Waals surface area (Å²) < 4.78 is 2.12. The van der Waals surface area contributed by atoms with E-state index >= 15 is 0 Å². The maximum atomic E-state index is 5.68. The zero-order valence-electron chi connectivity index (χ0n) is 9.08. The van der Waals surface area contributed by atoms with Crippen LogP contribution in [-0.4, -0.2) is 9.78 Å². The maximum Gasteiger partial charge on any atom is 0.0641 e. The lowest BCUT2D eigenvalue weighted by Gasteiger charge is -2.03. The van der Waals surface area contributed by atoms with Crippen molar-refractivity contribution in [3.05, 3.63) is 17.0 Å². The van der Waals surface area contributed by atoms with Gasteiger partial charge in [-0.25, -0.2) is 0 Å². The van der Waals surface area contributed by atoms with E-state index in [4.69, 9.17) is 5.73 Å². The quantitative estimate of drug-likeness (QED) is 0.791. The van der Waals surface area contributed by atoms with Crippen LogP contribution < -0.4 is 5.73 Å². The third-order valence-corrected chi connectivity index (χ3v) is 3.18. The van der Waals surface area contributed by atoms with E-state index in [1.807, 2.05) is 6.92 Å². The van der Waals surface area contributed by atoms with Crippen LogP contribution in [0, 0.1) is 19.8 Å². The molecule has 78 valence electrons. The van der Waals surface area contributed by atoms with Crippen molar-refractivity contribution in [2.75, 3.05) is 0 Å². The Balaban J connectivity index is 2.07. The van der Waals surface area contributed by atoms with Gasteiger partial charge in [0.05, 0.1) is 5.69 Å². The Hall–Kier alpha value is -0.830. The summed E-state index contributed by atoms with van der Waals surface area (Å²) in [5, 5.41) is 4.52. The average Bonchev–Trinajstić information content (AvgIpc) is 2.92. The number of nitrogens with zero attached hydrogens (tertiary/aromatic N) is 2. The standard InChI is InChI=1S/C11H19N3/c1-8-11(7-12)9(2)14(13-8)6-5-10-3-4-10/h10H,3-7,12H2,1-2H3. The molecule has 1 fully saturated rings. The lowest BCUT2D eigenvalue weighted by atomic mass is 10.2. The van der Waals surface area contributed by atoms with Crippen LogP contribution >= 0.6 is 0 Å². The average molecular weight is 193 g/mol. The topological polar surface area (TPSA) is 43.8 Å². The van der Waals surface area contributed by atoms with Gasteiger partial charge in [0.1, 0.15) is 0 Å². The molecule has 0 saturated heterocycles. The van der Waals surface area contributed by atoms with Crippen LogP contribution in [0.3, 0.4) is 0 Å². The summed E-state index contributed by atoms with van der Waals surface area (Å²) >= 11 is 0. The van der Waals surface area contributed by atoms with Crippen LogP contribution in [0.2, 0.25) is 0 Å². The molecule has 0 radical (unpaired) electrons. The molecule has 14 heavy (non-hydrogen) atoms. The van der Waals surface area contributed by atoms with Crippen LogP contribution in [0.5, 0.6) is 0 Å². The van der Waals surface area contributed by atoms with Gasteiger partial charge in [0.25, 0.3) is 0 Å². The molecule has 1 aliphatic rings. The van der Waals surface area contributed by atoms with E-state index in [9.17, 15) is 0 Å². The fourth-order valence-corrected chi connectivity index (χ4v) is 1.96. The number of aromatic nitrogens is 2. The van der Waals surface area contributed by atoms with Crippen LogP contribution in [0.1, 0.15) is 36.2 Å². The molecule has 2 rings (SSSR count). The van der Waals surface area contributed by atoms with Crippen molar-refractivity contribution in [2.45, 2.75) is 46.2 Å². The van der Waals surface area contributed by atoms with Crippen molar-refractivity contribution in [1.29, 1.82) is 0 Å². The zero-order valence-corrected chi connectivity index (χ0v) is 9.08. The first-order valence-corrected chi connectivity index (χ1v) is 5.45. The van der Waals surface area contributed by atoms with E-state index in [2.05, 4.69) is 16.7 Å². The monoisotopic (exact) mass is 193 g/mol. The molecule has 3 heteroatoms. The summed E-state index contributed by atoms with van der Waals surface area (Å²) in [6.45, 7) is 5.84. The molecule has 1 heterocycles.